The molecule has 1 aliphatic heterocycles. The second-order valence-electron chi connectivity index (χ2n) is 7.64. The number of nitrogens with zero attached hydrogens (tertiary/aromatic N) is 2. The highest BCUT2D eigenvalue weighted by atomic mass is 79.9. The molecule has 4 nitrogen and oxygen atoms in total. The van der Waals surface area contributed by atoms with E-state index in [1.54, 1.807) is 17.0 Å². The summed E-state index contributed by atoms with van der Waals surface area (Å²) in [5.41, 5.74) is 4.08. The van der Waals surface area contributed by atoms with Gasteiger partial charge in [0.05, 0.1) is 27.4 Å². The number of benzene rings is 3. The summed E-state index contributed by atoms with van der Waals surface area (Å²) in [7, 11) is 0. The number of thioether (sulfide) groups is 1. The first-order valence-electron chi connectivity index (χ1n) is 10.5. The van der Waals surface area contributed by atoms with E-state index >= 15 is 0 Å². The summed E-state index contributed by atoms with van der Waals surface area (Å²) < 4.78 is 6.41. The van der Waals surface area contributed by atoms with Crippen molar-refractivity contribution in [2.24, 2.45) is 4.99 Å². The smallest absolute Gasteiger partial charge is 0.271 e. The first-order chi connectivity index (χ1) is 16.3. The van der Waals surface area contributed by atoms with Gasteiger partial charge in [0, 0.05) is 10.0 Å². The van der Waals surface area contributed by atoms with Gasteiger partial charge in [-0.15, -0.1) is 0 Å². The van der Waals surface area contributed by atoms with Crippen LogP contribution >= 0.6 is 50.9 Å². The molecule has 174 valence electrons. The van der Waals surface area contributed by atoms with Crippen molar-refractivity contribution in [3.05, 3.63) is 90.7 Å². The summed E-state index contributed by atoms with van der Waals surface area (Å²) in [5, 5.41) is 1.73. The van der Waals surface area contributed by atoms with E-state index in [1.807, 2.05) is 69.3 Å². The molecular weight excluding hydrogens is 555 g/mol. The third kappa shape index (κ3) is 5.36. The monoisotopic (exact) mass is 574 g/mol. The average molecular weight is 576 g/mol. The van der Waals surface area contributed by atoms with Crippen molar-refractivity contribution in [2.75, 3.05) is 11.5 Å². The zero-order valence-electron chi connectivity index (χ0n) is 18.7. The summed E-state index contributed by atoms with van der Waals surface area (Å²) in [6.07, 6.45) is 1.85. The van der Waals surface area contributed by atoms with E-state index in [9.17, 15) is 4.79 Å². The number of hydrogen-bond acceptors (Lipinski definition) is 4. The zero-order chi connectivity index (χ0) is 24.4. The Hall–Kier alpha value is -2.25. The van der Waals surface area contributed by atoms with Crippen molar-refractivity contribution >= 4 is 79.4 Å². The molecule has 0 bridgehead atoms. The van der Waals surface area contributed by atoms with Gasteiger partial charge in [-0.1, -0.05) is 41.4 Å². The maximum absolute atomic E-state index is 13.5. The van der Waals surface area contributed by atoms with E-state index in [0.29, 0.717) is 38.1 Å². The Morgan fingerprint density at radius 3 is 2.38 bits per heavy atom. The Morgan fingerprint density at radius 1 is 1.03 bits per heavy atom. The third-order valence-corrected chi connectivity index (χ3v) is 7.56. The van der Waals surface area contributed by atoms with Crippen molar-refractivity contribution in [2.45, 2.75) is 20.8 Å². The number of hydrogen-bond donors (Lipinski definition) is 0. The SMILES string of the molecule is CCOc1ccc(/C=C2/SC(=Nc3ccc(C)c(Cl)c3)N(c3ccc(C)c(Cl)c3)C2=O)cc1Br. The van der Waals surface area contributed by atoms with E-state index in [2.05, 4.69) is 15.9 Å². The normalized spacial score (nSPS) is 16.1. The molecule has 0 N–H and O–H groups in total. The Bertz CT molecular complexity index is 1340. The van der Waals surface area contributed by atoms with Gasteiger partial charge in [0.15, 0.2) is 5.17 Å². The Labute approximate surface area is 221 Å². The molecule has 1 saturated heterocycles. The number of aliphatic imine (C=N–C) groups is 1. The molecule has 0 saturated carbocycles. The molecule has 3 aromatic rings. The molecule has 1 amide bonds. The van der Waals surface area contributed by atoms with Crippen LogP contribution in [0.5, 0.6) is 5.75 Å². The van der Waals surface area contributed by atoms with Gasteiger partial charge in [0.2, 0.25) is 0 Å². The molecule has 4 rings (SSSR count). The van der Waals surface area contributed by atoms with Crippen LogP contribution in [0.2, 0.25) is 10.0 Å². The van der Waals surface area contributed by atoms with Crippen molar-refractivity contribution in [1.29, 1.82) is 0 Å². The number of halogens is 3. The summed E-state index contributed by atoms with van der Waals surface area (Å²) in [5.74, 6) is 0.580. The molecule has 1 heterocycles. The maximum Gasteiger partial charge on any atom is 0.271 e. The van der Waals surface area contributed by atoms with Crippen LogP contribution in [0.15, 0.2) is 69.0 Å². The summed E-state index contributed by atoms with van der Waals surface area (Å²) in [6.45, 7) is 6.36. The fourth-order valence-electron chi connectivity index (χ4n) is 3.29. The van der Waals surface area contributed by atoms with Crippen LogP contribution in [0.1, 0.15) is 23.6 Å². The summed E-state index contributed by atoms with van der Waals surface area (Å²) in [6, 6.07) is 16.8. The number of amides is 1. The van der Waals surface area contributed by atoms with Crippen LogP contribution in [-0.2, 0) is 4.79 Å². The molecular formula is C26H21BrCl2N2O2S. The molecule has 0 unspecified atom stereocenters. The largest absolute Gasteiger partial charge is 0.493 e. The van der Waals surface area contributed by atoms with Crippen molar-refractivity contribution in [3.8, 4) is 5.75 Å². The van der Waals surface area contributed by atoms with E-state index in [-0.39, 0.29) is 5.91 Å². The standard InChI is InChI=1S/C26H21BrCl2N2O2S/c1-4-33-23-10-7-17(11-20(23)27)12-24-25(32)31(19-9-6-16(3)22(29)14-19)26(34-24)30-18-8-5-15(2)21(28)13-18/h5-14H,4H2,1-3H3/b24-12+,30-26?. The number of rotatable bonds is 5. The van der Waals surface area contributed by atoms with Crippen LogP contribution < -0.4 is 9.64 Å². The first-order valence-corrected chi connectivity index (χ1v) is 12.9. The lowest BCUT2D eigenvalue weighted by atomic mass is 10.2. The molecule has 0 spiro atoms. The minimum atomic E-state index is -0.174. The molecule has 8 heteroatoms. The Balaban J connectivity index is 1.77. The predicted octanol–water partition coefficient (Wildman–Crippen LogP) is 8.58. The fraction of sp³-hybridized carbons (Fsp3) is 0.154. The van der Waals surface area contributed by atoms with Gasteiger partial charge in [-0.05, 0) is 108 Å². The van der Waals surface area contributed by atoms with Crippen LogP contribution in [0.4, 0.5) is 11.4 Å². The minimum Gasteiger partial charge on any atom is -0.493 e. The Kier molecular flexibility index (Phi) is 7.73. The lowest BCUT2D eigenvalue weighted by Gasteiger charge is -2.16. The predicted molar refractivity (Wildman–Crippen MR) is 148 cm³/mol. The van der Waals surface area contributed by atoms with Crippen LogP contribution in [0.3, 0.4) is 0 Å². The molecule has 1 fully saturated rings. The molecule has 3 aromatic carbocycles. The van der Waals surface area contributed by atoms with Gasteiger partial charge in [0.1, 0.15) is 5.75 Å². The van der Waals surface area contributed by atoms with Gasteiger partial charge in [0.25, 0.3) is 5.91 Å². The minimum absolute atomic E-state index is 0.174. The van der Waals surface area contributed by atoms with Crippen LogP contribution in [0, 0.1) is 13.8 Å². The zero-order valence-corrected chi connectivity index (χ0v) is 22.6. The van der Waals surface area contributed by atoms with E-state index in [0.717, 1.165) is 26.9 Å². The van der Waals surface area contributed by atoms with Crippen molar-refractivity contribution in [3.63, 3.8) is 0 Å². The van der Waals surface area contributed by atoms with Crippen LogP contribution in [-0.4, -0.2) is 17.7 Å². The average Bonchev–Trinajstić information content (AvgIpc) is 3.09. The van der Waals surface area contributed by atoms with Gasteiger partial charge < -0.3 is 4.74 Å². The number of carbonyl (C=O) groups is 1. The van der Waals surface area contributed by atoms with E-state index in [1.165, 1.54) is 11.8 Å². The fourth-order valence-corrected chi connectivity index (χ4v) is 5.15. The highest BCUT2D eigenvalue weighted by Crippen LogP contribution is 2.39. The number of aryl methyl sites for hydroxylation is 2. The van der Waals surface area contributed by atoms with Crippen molar-refractivity contribution < 1.29 is 9.53 Å². The molecule has 0 aromatic heterocycles. The molecule has 0 atom stereocenters. The molecule has 0 radical (unpaired) electrons. The van der Waals surface area contributed by atoms with Gasteiger partial charge >= 0.3 is 0 Å². The third-order valence-electron chi connectivity index (χ3n) is 5.15. The van der Waals surface area contributed by atoms with E-state index in [4.69, 9.17) is 32.9 Å². The lowest BCUT2D eigenvalue weighted by Crippen LogP contribution is -2.28. The number of anilines is 1. The quantitative estimate of drug-likeness (QED) is 0.286. The molecule has 1 aliphatic rings. The topological polar surface area (TPSA) is 41.9 Å². The van der Waals surface area contributed by atoms with Crippen molar-refractivity contribution in [1.82, 2.24) is 0 Å². The van der Waals surface area contributed by atoms with Gasteiger partial charge in [-0.25, -0.2) is 4.99 Å². The lowest BCUT2D eigenvalue weighted by molar-refractivity contribution is -0.113. The van der Waals surface area contributed by atoms with Crippen LogP contribution in [0.25, 0.3) is 6.08 Å². The second-order valence-corrected chi connectivity index (χ2v) is 10.3. The Morgan fingerprint density at radius 2 is 1.74 bits per heavy atom. The number of ether oxygens (including phenoxy) is 1. The first kappa shape index (κ1) is 24.9. The highest BCUT2D eigenvalue weighted by molar-refractivity contribution is 9.10. The van der Waals surface area contributed by atoms with Gasteiger partial charge in [-0.3, -0.25) is 9.69 Å². The second kappa shape index (κ2) is 10.6. The molecule has 34 heavy (non-hydrogen) atoms. The summed E-state index contributed by atoms with van der Waals surface area (Å²) in [4.78, 5) is 20.4. The highest BCUT2D eigenvalue weighted by Gasteiger charge is 2.35. The maximum atomic E-state index is 13.5. The van der Waals surface area contributed by atoms with Gasteiger partial charge in [-0.2, -0.15) is 0 Å². The number of amidine groups is 1. The molecule has 0 aliphatic carbocycles. The number of carbonyl (C=O) groups excluding carboxylic acids is 1. The van der Waals surface area contributed by atoms with E-state index < -0.39 is 0 Å². The summed E-state index contributed by atoms with van der Waals surface area (Å²) >= 11 is 17.5.